The first kappa shape index (κ1) is 17.2. The van der Waals surface area contributed by atoms with Crippen LogP contribution >= 0.6 is 11.6 Å². The lowest BCUT2D eigenvalue weighted by atomic mass is 10.0. The number of hydrogen-bond donors (Lipinski definition) is 2. The van der Waals surface area contributed by atoms with Gasteiger partial charge in [-0.15, -0.1) is 5.10 Å². The molecule has 1 heterocycles. The Balaban J connectivity index is 1.76. The maximum Gasteiger partial charge on any atom is 0.249 e. The van der Waals surface area contributed by atoms with E-state index in [4.69, 9.17) is 11.6 Å². The first-order valence-corrected chi connectivity index (χ1v) is 8.49. The van der Waals surface area contributed by atoms with Crippen molar-refractivity contribution in [1.82, 2.24) is 15.2 Å². The summed E-state index contributed by atoms with van der Waals surface area (Å²) in [5, 5.41) is 15.1. The van der Waals surface area contributed by atoms with E-state index in [9.17, 15) is 0 Å². The van der Waals surface area contributed by atoms with E-state index in [0.717, 1.165) is 16.9 Å². The van der Waals surface area contributed by atoms with Gasteiger partial charge in [0.2, 0.25) is 5.95 Å². The molecular weight excluding hydrogens is 334 g/mol. The molecule has 2 N–H and O–H groups in total. The first-order chi connectivity index (χ1) is 12.0. The number of benzene rings is 2. The Hall–Kier alpha value is -2.66. The van der Waals surface area contributed by atoms with Gasteiger partial charge in [-0.1, -0.05) is 43.6 Å². The van der Waals surface area contributed by atoms with E-state index in [-0.39, 0.29) is 0 Å². The van der Waals surface area contributed by atoms with Crippen LogP contribution in [0.15, 0.2) is 48.7 Å². The van der Waals surface area contributed by atoms with Crippen LogP contribution < -0.4 is 10.6 Å². The fourth-order valence-electron chi connectivity index (χ4n) is 2.38. The number of hydrogen-bond acceptors (Lipinski definition) is 5. The van der Waals surface area contributed by atoms with Crippen molar-refractivity contribution in [3.8, 4) is 0 Å². The van der Waals surface area contributed by atoms with Gasteiger partial charge in [0.15, 0.2) is 5.82 Å². The van der Waals surface area contributed by atoms with Gasteiger partial charge in [-0.25, -0.2) is 0 Å². The molecule has 3 rings (SSSR count). The Bertz CT molecular complexity index is 862. The summed E-state index contributed by atoms with van der Waals surface area (Å²) in [6.07, 6.45) is 1.58. The van der Waals surface area contributed by atoms with Crippen molar-refractivity contribution in [3.63, 3.8) is 0 Å². The third-order valence-electron chi connectivity index (χ3n) is 3.92. The van der Waals surface area contributed by atoms with Gasteiger partial charge in [0.25, 0.3) is 0 Å². The van der Waals surface area contributed by atoms with Crippen LogP contribution in [0.5, 0.6) is 0 Å². The second-order valence-electron chi connectivity index (χ2n) is 6.10. The normalized spacial score (nSPS) is 10.8. The molecule has 0 radical (unpaired) electrons. The number of anilines is 4. The third kappa shape index (κ3) is 4.25. The molecule has 3 aromatic rings. The third-order valence-corrected chi connectivity index (χ3v) is 4.33. The van der Waals surface area contributed by atoms with E-state index in [1.807, 2.05) is 37.3 Å². The first-order valence-electron chi connectivity index (χ1n) is 8.12. The van der Waals surface area contributed by atoms with E-state index >= 15 is 0 Å². The Labute approximate surface area is 152 Å². The van der Waals surface area contributed by atoms with Crippen LogP contribution in [0.25, 0.3) is 0 Å². The fraction of sp³-hybridized carbons (Fsp3) is 0.211. The molecule has 25 heavy (non-hydrogen) atoms. The number of rotatable bonds is 5. The van der Waals surface area contributed by atoms with Crippen LogP contribution in [0.4, 0.5) is 23.1 Å². The molecule has 1 aromatic heterocycles. The maximum absolute atomic E-state index is 6.15. The van der Waals surface area contributed by atoms with E-state index in [2.05, 4.69) is 51.8 Å². The Kier molecular flexibility index (Phi) is 5.14. The van der Waals surface area contributed by atoms with Gasteiger partial charge in [0, 0.05) is 16.4 Å². The van der Waals surface area contributed by atoms with Crippen LogP contribution in [-0.4, -0.2) is 15.2 Å². The fourth-order valence-corrected chi connectivity index (χ4v) is 2.55. The van der Waals surface area contributed by atoms with Crippen molar-refractivity contribution in [1.29, 1.82) is 0 Å². The van der Waals surface area contributed by atoms with E-state index < -0.39 is 0 Å². The van der Waals surface area contributed by atoms with Gasteiger partial charge in [-0.05, 0) is 48.2 Å². The number of aromatic nitrogens is 3. The minimum atomic E-state index is 0.432. The minimum absolute atomic E-state index is 0.432. The molecule has 0 unspecified atom stereocenters. The van der Waals surface area contributed by atoms with Crippen LogP contribution in [-0.2, 0) is 0 Å². The average molecular weight is 354 g/mol. The summed E-state index contributed by atoms with van der Waals surface area (Å²) in [5.74, 6) is 1.53. The lowest BCUT2D eigenvalue weighted by molar-refractivity contribution is 0.867. The molecule has 0 bridgehead atoms. The molecule has 0 atom stereocenters. The molecule has 6 heteroatoms. The lowest BCUT2D eigenvalue weighted by Crippen LogP contribution is -2.03. The summed E-state index contributed by atoms with van der Waals surface area (Å²) in [6, 6.07) is 13.9. The van der Waals surface area contributed by atoms with Gasteiger partial charge in [-0.3, -0.25) is 0 Å². The predicted molar refractivity (Wildman–Crippen MR) is 103 cm³/mol. The molecule has 0 saturated heterocycles. The monoisotopic (exact) mass is 353 g/mol. The second-order valence-corrected chi connectivity index (χ2v) is 6.51. The number of halogens is 1. The summed E-state index contributed by atoms with van der Waals surface area (Å²) in [5.41, 5.74) is 4.06. The highest BCUT2D eigenvalue weighted by molar-refractivity contribution is 6.31. The zero-order valence-electron chi connectivity index (χ0n) is 14.4. The van der Waals surface area contributed by atoms with Gasteiger partial charge in [0.05, 0.1) is 6.20 Å². The van der Waals surface area contributed by atoms with E-state index in [1.54, 1.807) is 6.20 Å². The molecule has 0 aliphatic rings. The van der Waals surface area contributed by atoms with E-state index in [0.29, 0.717) is 22.7 Å². The summed E-state index contributed by atoms with van der Waals surface area (Å²) < 4.78 is 0. The SMILES string of the molecule is Cc1c(Cl)cccc1Nc1cnnc(Nc2ccc(C(C)C)cc2)n1. The van der Waals surface area contributed by atoms with Crippen LogP contribution in [0.2, 0.25) is 5.02 Å². The zero-order valence-corrected chi connectivity index (χ0v) is 15.2. The molecule has 0 amide bonds. The van der Waals surface area contributed by atoms with Crippen molar-refractivity contribution in [2.45, 2.75) is 26.7 Å². The van der Waals surface area contributed by atoms with Crippen molar-refractivity contribution in [2.24, 2.45) is 0 Å². The maximum atomic E-state index is 6.15. The Morgan fingerprint density at radius 2 is 1.76 bits per heavy atom. The molecule has 0 saturated carbocycles. The highest BCUT2D eigenvalue weighted by Crippen LogP contribution is 2.25. The van der Waals surface area contributed by atoms with Gasteiger partial charge < -0.3 is 10.6 Å². The van der Waals surface area contributed by atoms with Crippen molar-refractivity contribution in [3.05, 3.63) is 64.8 Å². The molecule has 0 fully saturated rings. The van der Waals surface area contributed by atoms with Gasteiger partial charge >= 0.3 is 0 Å². The van der Waals surface area contributed by atoms with Crippen LogP contribution in [0, 0.1) is 6.92 Å². The highest BCUT2D eigenvalue weighted by atomic mass is 35.5. The number of nitrogens with zero attached hydrogens (tertiary/aromatic N) is 3. The molecule has 5 nitrogen and oxygen atoms in total. The summed E-state index contributed by atoms with van der Waals surface area (Å²) in [4.78, 5) is 4.45. The smallest absolute Gasteiger partial charge is 0.249 e. The van der Waals surface area contributed by atoms with Crippen molar-refractivity contribution >= 4 is 34.7 Å². The van der Waals surface area contributed by atoms with E-state index in [1.165, 1.54) is 5.56 Å². The summed E-state index contributed by atoms with van der Waals surface area (Å²) >= 11 is 6.15. The molecule has 0 aliphatic heterocycles. The topological polar surface area (TPSA) is 62.7 Å². The van der Waals surface area contributed by atoms with Gasteiger partial charge in [-0.2, -0.15) is 10.1 Å². The molecular formula is C19H20ClN5. The summed E-state index contributed by atoms with van der Waals surface area (Å²) in [7, 11) is 0. The van der Waals surface area contributed by atoms with Crippen LogP contribution in [0.1, 0.15) is 30.9 Å². The summed E-state index contributed by atoms with van der Waals surface area (Å²) in [6.45, 7) is 6.29. The van der Waals surface area contributed by atoms with Crippen LogP contribution in [0.3, 0.4) is 0 Å². The van der Waals surface area contributed by atoms with Crippen molar-refractivity contribution in [2.75, 3.05) is 10.6 Å². The Morgan fingerprint density at radius 1 is 1.00 bits per heavy atom. The largest absolute Gasteiger partial charge is 0.339 e. The highest BCUT2D eigenvalue weighted by Gasteiger charge is 2.06. The minimum Gasteiger partial charge on any atom is -0.339 e. The molecule has 2 aromatic carbocycles. The second kappa shape index (κ2) is 7.49. The number of nitrogens with one attached hydrogen (secondary N) is 2. The lowest BCUT2D eigenvalue weighted by Gasteiger charge is -2.11. The molecule has 0 aliphatic carbocycles. The predicted octanol–water partition coefficient (Wildman–Crippen LogP) is 5.44. The Morgan fingerprint density at radius 3 is 2.48 bits per heavy atom. The quantitative estimate of drug-likeness (QED) is 0.639. The van der Waals surface area contributed by atoms with Gasteiger partial charge in [0.1, 0.15) is 0 Å². The van der Waals surface area contributed by atoms with Crippen molar-refractivity contribution < 1.29 is 0 Å². The zero-order chi connectivity index (χ0) is 17.8. The average Bonchev–Trinajstić information content (AvgIpc) is 2.60. The standard InChI is InChI=1S/C19H20ClN5/c1-12(2)14-7-9-15(10-8-14)22-19-24-18(11-21-25-19)23-17-6-4-5-16(20)13(17)3/h4-12H,1-3H3,(H2,22,23,24,25). The molecule has 0 spiro atoms. The molecule has 128 valence electrons.